The standard InChI is InChI=1S/C18H25N3O2S2/c1-6-8-21-17(23)14-9-13(7-2)25-16(14)20-18(21)24-10-15(22)19-12(5)11(3)4/h6,9,11-12H,1,7-8,10H2,2-5H3,(H,19,22). The van der Waals surface area contributed by atoms with Gasteiger partial charge < -0.3 is 5.32 Å². The van der Waals surface area contributed by atoms with Crippen molar-refractivity contribution in [1.29, 1.82) is 0 Å². The van der Waals surface area contributed by atoms with Gasteiger partial charge in [-0.1, -0.05) is 38.6 Å². The summed E-state index contributed by atoms with van der Waals surface area (Å²) >= 11 is 2.83. The minimum Gasteiger partial charge on any atom is -0.353 e. The molecule has 2 aromatic heterocycles. The Hall–Kier alpha value is -1.60. The Labute approximate surface area is 156 Å². The van der Waals surface area contributed by atoms with Gasteiger partial charge in [-0.25, -0.2) is 4.98 Å². The molecule has 0 saturated heterocycles. The summed E-state index contributed by atoms with van der Waals surface area (Å²) in [6, 6.07) is 2.03. The fourth-order valence-corrected chi connectivity index (χ4v) is 4.04. The highest BCUT2D eigenvalue weighted by Crippen LogP contribution is 2.25. The highest BCUT2D eigenvalue weighted by atomic mass is 32.2. The van der Waals surface area contributed by atoms with E-state index in [2.05, 4.69) is 37.7 Å². The molecule has 0 bridgehead atoms. The van der Waals surface area contributed by atoms with E-state index in [1.165, 1.54) is 23.1 Å². The Balaban J connectivity index is 2.26. The van der Waals surface area contributed by atoms with E-state index < -0.39 is 0 Å². The molecular formula is C18H25N3O2S2. The lowest BCUT2D eigenvalue weighted by atomic mass is 10.1. The van der Waals surface area contributed by atoms with Crippen molar-refractivity contribution in [3.8, 4) is 0 Å². The minimum atomic E-state index is -0.0701. The van der Waals surface area contributed by atoms with Crippen molar-refractivity contribution in [2.24, 2.45) is 5.92 Å². The fourth-order valence-electron chi connectivity index (χ4n) is 2.21. The van der Waals surface area contributed by atoms with Gasteiger partial charge in [-0.15, -0.1) is 17.9 Å². The predicted molar refractivity (Wildman–Crippen MR) is 107 cm³/mol. The van der Waals surface area contributed by atoms with E-state index in [1.807, 2.05) is 13.0 Å². The number of aryl methyl sites for hydroxylation is 1. The van der Waals surface area contributed by atoms with Crippen LogP contribution in [0.25, 0.3) is 10.2 Å². The van der Waals surface area contributed by atoms with Crippen LogP contribution >= 0.6 is 23.1 Å². The topological polar surface area (TPSA) is 64.0 Å². The van der Waals surface area contributed by atoms with E-state index in [4.69, 9.17) is 0 Å². The Bertz CT molecular complexity index is 824. The zero-order valence-electron chi connectivity index (χ0n) is 15.2. The molecule has 1 amide bonds. The Morgan fingerprint density at radius 3 is 2.80 bits per heavy atom. The first-order valence-electron chi connectivity index (χ1n) is 8.43. The first kappa shape index (κ1) is 19.7. The Morgan fingerprint density at radius 1 is 1.48 bits per heavy atom. The average Bonchev–Trinajstić information content (AvgIpc) is 2.99. The molecule has 1 unspecified atom stereocenters. The molecule has 0 radical (unpaired) electrons. The molecule has 136 valence electrons. The number of carbonyl (C=O) groups excluding carboxylic acids is 1. The molecule has 0 aromatic carbocycles. The van der Waals surface area contributed by atoms with Crippen LogP contribution in [0.5, 0.6) is 0 Å². The molecule has 1 N–H and O–H groups in total. The Morgan fingerprint density at radius 2 is 2.20 bits per heavy atom. The first-order valence-corrected chi connectivity index (χ1v) is 10.2. The highest BCUT2D eigenvalue weighted by Gasteiger charge is 2.16. The first-order chi connectivity index (χ1) is 11.9. The van der Waals surface area contributed by atoms with E-state index in [0.29, 0.717) is 23.0 Å². The van der Waals surface area contributed by atoms with Crippen LogP contribution in [0, 0.1) is 5.92 Å². The maximum Gasteiger partial charge on any atom is 0.263 e. The van der Waals surface area contributed by atoms with Crippen LogP contribution in [0.4, 0.5) is 0 Å². The van der Waals surface area contributed by atoms with Crippen molar-refractivity contribution in [2.75, 3.05) is 5.75 Å². The van der Waals surface area contributed by atoms with Crippen molar-refractivity contribution in [2.45, 2.75) is 51.9 Å². The summed E-state index contributed by atoms with van der Waals surface area (Å²) in [5.41, 5.74) is -0.0701. The number of rotatable bonds is 8. The smallest absolute Gasteiger partial charge is 0.263 e. The summed E-state index contributed by atoms with van der Waals surface area (Å²) in [6.45, 7) is 12.3. The molecule has 2 heterocycles. The van der Waals surface area contributed by atoms with Gasteiger partial charge in [0.2, 0.25) is 5.91 Å². The number of fused-ring (bicyclic) bond motifs is 1. The molecule has 2 rings (SSSR count). The van der Waals surface area contributed by atoms with Crippen LogP contribution in [-0.2, 0) is 17.8 Å². The summed E-state index contributed by atoms with van der Waals surface area (Å²) < 4.78 is 1.59. The maximum absolute atomic E-state index is 12.7. The number of carbonyl (C=O) groups is 1. The van der Waals surface area contributed by atoms with E-state index >= 15 is 0 Å². The minimum absolute atomic E-state index is 0.0499. The Kier molecular flexibility index (Phi) is 6.84. The number of thioether (sulfide) groups is 1. The maximum atomic E-state index is 12.7. The number of nitrogens with one attached hydrogen (secondary N) is 1. The van der Waals surface area contributed by atoms with Crippen molar-refractivity contribution in [3.63, 3.8) is 0 Å². The second kappa shape index (κ2) is 8.67. The summed E-state index contributed by atoms with van der Waals surface area (Å²) in [4.78, 5) is 31.4. The molecular weight excluding hydrogens is 354 g/mol. The summed E-state index contributed by atoms with van der Waals surface area (Å²) in [5.74, 6) is 0.560. The molecule has 0 aliphatic heterocycles. The van der Waals surface area contributed by atoms with Crippen LogP contribution in [-0.4, -0.2) is 27.3 Å². The normalized spacial score (nSPS) is 12.5. The van der Waals surface area contributed by atoms with Crippen LogP contribution in [0.3, 0.4) is 0 Å². The number of thiophene rings is 1. The second-order valence-corrected chi connectivity index (χ2v) is 8.33. The van der Waals surface area contributed by atoms with Gasteiger partial charge in [0.15, 0.2) is 5.16 Å². The van der Waals surface area contributed by atoms with Crippen molar-refractivity contribution in [3.05, 3.63) is 34.0 Å². The van der Waals surface area contributed by atoms with Gasteiger partial charge in [0.05, 0.1) is 11.1 Å². The fraction of sp³-hybridized carbons (Fsp3) is 0.500. The SMILES string of the molecule is C=CCn1c(SCC(=O)NC(C)C(C)C)nc2sc(CC)cc2c1=O. The number of amides is 1. The van der Waals surface area contributed by atoms with Gasteiger partial charge in [-0.2, -0.15) is 0 Å². The molecule has 0 fully saturated rings. The van der Waals surface area contributed by atoms with Crippen molar-refractivity contribution in [1.82, 2.24) is 14.9 Å². The molecule has 0 aliphatic rings. The van der Waals surface area contributed by atoms with Crippen LogP contribution in [0.1, 0.15) is 32.6 Å². The van der Waals surface area contributed by atoms with Gasteiger partial charge >= 0.3 is 0 Å². The number of nitrogens with zero attached hydrogens (tertiary/aromatic N) is 2. The lowest BCUT2D eigenvalue weighted by Crippen LogP contribution is -2.37. The van der Waals surface area contributed by atoms with Crippen molar-refractivity contribution < 1.29 is 4.79 Å². The van der Waals surface area contributed by atoms with Gasteiger partial charge in [-0.3, -0.25) is 14.2 Å². The summed E-state index contributed by atoms with van der Waals surface area (Å²) in [5, 5.41) is 4.18. The number of hydrogen-bond acceptors (Lipinski definition) is 5. The molecule has 2 aromatic rings. The number of hydrogen-bond donors (Lipinski definition) is 1. The molecule has 0 aliphatic carbocycles. The monoisotopic (exact) mass is 379 g/mol. The molecule has 25 heavy (non-hydrogen) atoms. The highest BCUT2D eigenvalue weighted by molar-refractivity contribution is 7.99. The zero-order valence-corrected chi connectivity index (χ0v) is 16.8. The van der Waals surface area contributed by atoms with E-state index in [1.54, 1.807) is 10.6 Å². The van der Waals surface area contributed by atoms with Gasteiger partial charge in [0, 0.05) is 17.5 Å². The van der Waals surface area contributed by atoms with E-state index in [9.17, 15) is 9.59 Å². The van der Waals surface area contributed by atoms with Crippen LogP contribution in [0.15, 0.2) is 28.7 Å². The third kappa shape index (κ3) is 4.73. The van der Waals surface area contributed by atoms with Gasteiger partial charge in [0.25, 0.3) is 5.56 Å². The van der Waals surface area contributed by atoms with Crippen LogP contribution < -0.4 is 10.9 Å². The van der Waals surface area contributed by atoms with E-state index in [-0.39, 0.29) is 23.3 Å². The predicted octanol–water partition coefficient (Wildman–Crippen LogP) is 3.46. The van der Waals surface area contributed by atoms with E-state index in [0.717, 1.165) is 16.1 Å². The molecule has 0 spiro atoms. The third-order valence-electron chi connectivity index (χ3n) is 4.05. The van der Waals surface area contributed by atoms with Gasteiger partial charge in [0.1, 0.15) is 4.83 Å². The van der Waals surface area contributed by atoms with Gasteiger partial charge in [-0.05, 0) is 25.3 Å². The second-order valence-electron chi connectivity index (χ2n) is 6.27. The summed E-state index contributed by atoms with van der Waals surface area (Å²) in [6.07, 6.45) is 2.55. The van der Waals surface area contributed by atoms with Crippen LogP contribution in [0.2, 0.25) is 0 Å². The average molecular weight is 380 g/mol. The lowest BCUT2D eigenvalue weighted by molar-refractivity contribution is -0.119. The number of aromatic nitrogens is 2. The lowest BCUT2D eigenvalue weighted by Gasteiger charge is -2.17. The molecule has 0 saturated carbocycles. The third-order valence-corrected chi connectivity index (χ3v) is 6.20. The molecule has 1 atom stereocenters. The zero-order chi connectivity index (χ0) is 18.6. The summed E-state index contributed by atoms with van der Waals surface area (Å²) in [7, 11) is 0. The quantitative estimate of drug-likeness (QED) is 0.433. The molecule has 7 heteroatoms. The van der Waals surface area contributed by atoms with Crippen molar-refractivity contribution >= 4 is 39.2 Å². The number of allylic oxidation sites excluding steroid dienone is 1. The molecule has 5 nitrogen and oxygen atoms in total. The largest absolute Gasteiger partial charge is 0.353 e.